The molecule has 1 aliphatic rings. The first-order valence-electron chi connectivity index (χ1n) is 6.84. The van der Waals surface area contributed by atoms with E-state index in [1.54, 1.807) is 4.90 Å². The predicted molar refractivity (Wildman–Crippen MR) is 76.9 cm³/mol. The van der Waals surface area contributed by atoms with E-state index < -0.39 is 11.6 Å². The molecule has 108 valence electrons. The van der Waals surface area contributed by atoms with Crippen LogP contribution >= 0.6 is 11.6 Å². The quantitative estimate of drug-likeness (QED) is 0.844. The minimum absolute atomic E-state index is 0.00168. The molecule has 0 saturated carbocycles. The summed E-state index contributed by atoms with van der Waals surface area (Å²) >= 11 is 5.68. The summed E-state index contributed by atoms with van der Waals surface area (Å²) in [5.41, 5.74) is 1.59. The molecule has 0 aromatic rings. The van der Waals surface area contributed by atoms with Gasteiger partial charge in [0.25, 0.3) is 0 Å². The number of hydrogen-bond donors (Lipinski definition) is 1. The van der Waals surface area contributed by atoms with Crippen LogP contribution in [0.5, 0.6) is 0 Å². The van der Waals surface area contributed by atoms with Gasteiger partial charge in [0, 0.05) is 12.1 Å². The number of carbonyl (C=O) groups excluding carboxylic acids is 2. The van der Waals surface area contributed by atoms with Crippen molar-refractivity contribution in [2.75, 3.05) is 6.54 Å². The fourth-order valence-corrected chi connectivity index (χ4v) is 2.62. The highest BCUT2D eigenvalue weighted by molar-refractivity contribution is 6.25. The van der Waals surface area contributed by atoms with Crippen LogP contribution in [0, 0.1) is 0 Å². The Bertz CT molecular complexity index is 389. The van der Waals surface area contributed by atoms with Crippen LogP contribution in [0.25, 0.3) is 0 Å². The fourth-order valence-electron chi connectivity index (χ4n) is 2.55. The van der Waals surface area contributed by atoms with Gasteiger partial charge in [-0.3, -0.25) is 9.59 Å². The third kappa shape index (κ3) is 2.94. The molecule has 0 radical (unpaired) electrons. The Morgan fingerprint density at radius 1 is 1.37 bits per heavy atom. The summed E-state index contributed by atoms with van der Waals surface area (Å²) in [6.07, 6.45) is 1.81. The molecule has 1 heterocycles. The molecule has 5 heteroatoms. The summed E-state index contributed by atoms with van der Waals surface area (Å²) in [6, 6.07) is -0.398. The Labute approximate surface area is 120 Å². The van der Waals surface area contributed by atoms with Gasteiger partial charge < -0.3 is 10.2 Å². The Kier molecular flexibility index (Phi) is 5.41. The van der Waals surface area contributed by atoms with E-state index in [-0.39, 0.29) is 11.8 Å². The van der Waals surface area contributed by atoms with E-state index in [1.807, 2.05) is 27.7 Å². The van der Waals surface area contributed by atoms with Gasteiger partial charge in [0.05, 0.1) is 0 Å². The van der Waals surface area contributed by atoms with Crippen molar-refractivity contribution in [2.45, 2.75) is 58.5 Å². The molecule has 1 rings (SSSR count). The van der Waals surface area contributed by atoms with Gasteiger partial charge in [-0.25, -0.2) is 0 Å². The Hall–Kier alpha value is -1.03. The van der Waals surface area contributed by atoms with Crippen molar-refractivity contribution >= 4 is 23.4 Å². The largest absolute Gasteiger partial charge is 0.340 e. The summed E-state index contributed by atoms with van der Waals surface area (Å²) in [6.45, 7) is 8.04. The van der Waals surface area contributed by atoms with E-state index in [4.69, 9.17) is 11.6 Å². The number of hydrogen-bond acceptors (Lipinski definition) is 2. The molecule has 0 aromatic carbocycles. The van der Waals surface area contributed by atoms with Gasteiger partial charge in [0.2, 0.25) is 11.8 Å². The molecule has 1 atom stereocenters. The number of carbonyl (C=O) groups is 2. The average Bonchev–Trinajstić information content (AvgIpc) is 2.42. The zero-order chi connectivity index (χ0) is 14.6. The second-order valence-corrected chi connectivity index (χ2v) is 5.31. The number of rotatable bonds is 5. The molecule has 1 N–H and O–H groups in total. The number of halogens is 1. The molecule has 0 aromatic heterocycles. The highest BCUT2D eigenvalue weighted by Crippen LogP contribution is 2.26. The van der Waals surface area contributed by atoms with Crippen LogP contribution in [0.3, 0.4) is 0 Å². The molecular formula is C14H23ClN2O2. The van der Waals surface area contributed by atoms with Crippen LogP contribution in [-0.2, 0) is 9.59 Å². The summed E-state index contributed by atoms with van der Waals surface area (Å²) in [5.74, 6) is -0.0602. The summed E-state index contributed by atoms with van der Waals surface area (Å²) in [7, 11) is 0. The van der Waals surface area contributed by atoms with Gasteiger partial charge >= 0.3 is 0 Å². The van der Waals surface area contributed by atoms with Crippen molar-refractivity contribution in [1.82, 2.24) is 10.2 Å². The Balaban J connectivity index is 3.12. The van der Waals surface area contributed by atoms with Crippen molar-refractivity contribution < 1.29 is 9.59 Å². The first kappa shape index (κ1) is 16.0. The zero-order valence-corrected chi connectivity index (χ0v) is 12.9. The highest BCUT2D eigenvalue weighted by Gasteiger charge is 2.48. The van der Waals surface area contributed by atoms with Gasteiger partial charge in [0.1, 0.15) is 11.6 Å². The van der Waals surface area contributed by atoms with Crippen molar-refractivity contribution in [2.24, 2.45) is 0 Å². The molecule has 1 fully saturated rings. The third-order valence-corrected chi connectivity index (χ3v) is 4.28. The van der Waals surface area contributed by atoms with Crippen molar-refractivity contribution in [3.8, 4) is 0 Å². The van der Waals surface area contributed by atoms with E-state index in [0.29, 0.717) is 25.8 Å². The number of amides is 2. The summed E-state index contributed by atoms with van der Waals surface area (Å²) in [4.78, 5) is 26.6. The fraction of sp³-hybridized carbons (Fsp3) is 0.714. The van der Waals surface area contributed by atoms with E-state index in [9.17, 15) is 9.59 Å². The standard InChI is InChI=1S/C14H23ClN2O2/c1-5-11-12(18)16-14(6-2,7-3)13(19)17(11)9-10(4)8-15/h8,11H,5-7,9H2,1-4H3,(H,16,18). The Morgan fingerprint density at radius 3 is 2.37 bits per heavy atom. The van der Waals surface area contributed by atoms with Gasteiger partial charge in [-0.2, -0.15) is 0 Å². The number of piperazine rings is 1. The SMILES string of the molecule is CCC1C(=O)NC(CC)(CC)C(=O)N1CC(C)=CCl. The lowest BCUT2D eigenvalue weighted by molar-refractivity contribution is -0.155. The van der Waals surface area contributed by atoms with Crippen LogP contribution in [0.4, 0.5) is 0 Å². The molecule has 0 aliphatic carbocycles. The lowest BCUT2D eigenvalue weighted by Gasteiger charge is -2.45. The Morgan fingerprint density at radius 2 is 1.95 bits per heavy atom. The molecular weight excluding hydrogens is 264 g/mol. The molecule has 1 unspecified atom stereocenters. The van der Waals surface area contributed by atoms with E-state index >= 15 is 0 Å². The molecule has 0 spiro atoms. The van der Waals surface area contributed by atoms with Gasteiger partial charge in [-0.05, 0) is 31.8 Å². The summed E-state index contributed by atoms with van der Waals surface area (Å²) in [5, 5.41) is 2.92. The molecule has 0 bridgehead atoms. The molecule has 2 amide bonds. The minimum atomic E-state index is -0.755. The van der Waals surface area contributed by atoms with Crippen LogP contribution < -0.4 is 5.32 Å². The summed E-state index contributed by atoms with van der Waals surface area (Å²) < 4.78 is 0. The van der Waals surface area contributed by atoms with Gasteiger partial charge in [-0.1, -0.05) is 32.4 Å². The van der Waals surface area contributed by atoms with Crippen LogP contribution in [0.2, 0.25) is 0 Å². The monoisotopic (exact) mass is 286 g/mol. The minimum Gasteiger partial charge on any atom is -0.340 e. The van der Waals surface area contributed by atoms with Crippen LogP contribution in [-0.4, -0.2) is 34.8 Å². The lowest BCUT2D eigenvalue weighted by Crippen LogP contribution is -2.70. The number of nitrogens with zero attached hydrogens (tertiary/aromatic N) is 1. The topological polar surface area (TPSA) is 49.4 Å². The van der Waals surface area contributed by atoms with Crippen molar-refractivity contribution in [3.05, 3.63) is 11.1 Å². The second kappa shape index (κ2) is 6.42. The maximum atomic E-state index is 12.7. The zero-order valence-electron chi connectivity index (χ0n) is 12.1. The predicted octanol–water partition coefficient (Wildman–Crippen LogP) is 2.42. The van der Waals surface area contributed by atoms with Crippen molar-refractivity contribution in [3.63, 3.8) is 0 Å². The maximum Gasteiger partial charge on any atom is 0.249 e. The molecule has 19 heavy (non-hydrogen) atoms. The molecule has 1 aliphatic heterocycles. The van der Waals surface area contributed by atoms with E-state index in [1.165, 1.54) is 5.54 Å². The first-order valence-corrected chi connectivity index (χ1v) is 7.28. The van der Waals surface area contributed by atoms with E-state index in [2.05, 4.69) is 5.32 Å². The maximum absolute atomic E-state index is 12.7. The van der Waals surface area contributed by atoms with Crippen LogP contribution in [0.15, 0.2) is 11.1 Å². The van der Waals surface area contributed by atoms with Crippen molar-refractivity contribution in [1.29, 1.82) is 0 Å². The lowest BCUT2D eigenvalue weighted by atomic mass is 9.86. The first-order chi connectivity index (χ1) is 8.95. The van der Waals surface area contributed by atoms with Gasteiger partial charge in [-0.15, -0.1) is 0 Å². The smallest absolute Gasteiger partial charge is 0.249 e. The number of nitrogens with one attached hydrogen (secondary N) is 1. The second-order valence-electron chi connectivity index (χ2n) is 5.09. The highest BCUT2D eigenvalue weighted by atomic mass is 35.5. The normalized spacial score (nSPS) is 23.5. The van der Waals surface area contributed by atoms with Gasteiger partial charge in [0.15, 0.2) is 0 Å². The molecule has 1 saturated heterocycles. The third-order valence-electron chi connectivity index (χ3n) is 3.91. The van der Waals surface area contributed by atoms with Crippen LogP contribution in [0.1, 0.15) is 47.0 Å². The van der Waals surface area contributed by atoms with E-state index in [0.717, 1.165) is 5.57 Å². The average molecular weight is 287 g/mol. The molecule has 4 nitrogen and oxygen atoms in total.